The molecule has 0 fully saturated rings. The third-order valence-electron chi connectivity index (χ3n) is 5.52. The van der Waals surface area contributed by atoms with Crippen LogP contribution in [0, 0.1) is 29.8 Å². The van der Waals surface area contributed by atoms with E-state index in [0.717, 1.165) is 11.3 Å². The van der Waals surface area contributed by atoms with Gasteiger partial charge in [-0.1, -0.05) is 48.2 Å². The molecule has 0 bridgehead atoms. The Morgan fingerprint density at radius 1 is 1.06 bits per heavy atom. The van der Waals surface area contributed by atoms with Crippen molar-refractivity contribution in [3.8, 4) is 17.2 Å². The third kappa shape index (κ3) is 5.83. The first-order valence-corrected chi connectivity index (χ1v) is 12.1. The zero-order valence-corrected chi connectivity index (χ0v) is 20.9. The average molecular weight is 509 g/mol. The molecule has 0 radical (unpaired) electrons. The number of nitro groups is 1. The monoisotopic (exact) mass is 508 g/mol. The van der Waals surface area contributed by atoms with E-state index in [4.69, 9.17) is 9.47 Å². The van der Waals surface area contributed by atoms with Gasteiger partial charge in [0.25, 0.3) is 0 Å². The molecule has 1 atom stereocenters. The van der Waals surface area contributed by atoms with Crippen molar-refractivity contribution in [3.05, 3.63) is 105 Å². The third-order valence-corrected chi connectivity index (χ3v) is 6.70. The lowest BCUT2D eigenvalue weighted by atomic mass is 10.1. The molecule has 186 valence electrons. The number of rotatable bonds is 10. The molecule has 0 aliphatic rings. The summed E-state index contributed by atoms with van der Waals surface area (Å²) in [6.07, 6.45) is 0. The van der Waals surface area contributed by atoms with E-state index in [0.29, 0.717) is 33.6 Å². The van der Waals surface area contributed by atoms with Gasteiger partial charge in [-0.15, -0.1) is 10.2 Å². The average Bonchev–Trinajstić information content (AvgIpc) is 3.22. The molecule has 3 aromatic carbocycles. The lowest BCUT2D eigenvalue weighted by Gasteiger charge is -2.17. The first-order chi connectivity index (χ1) is 17.4. The van der Waals surface area contributed by atoms with Crippen LogP contribution in [0.4, 0.5) is 4.39 Å². The molecule has 0 saturated heterocycles. The van der Waals surface area contributed by atoms with Gasteiger partial charge in [0.15, 0.2) is 16.7 Å². The van der Waals surface area contributed by atoms with E-state index in [1.54, 1.807) is 36.4 Å². The van der Waals surface area contributed by atoms with E-state index in [1.807, 2.05) is 42.7 Å². The summed E-state index contributed by atoms with van der Waals surface area (Å²) in [6.45, 7) is 3.53. The first-order valence-electron chi connectivity index (χ1n) is 11.2. The second-order valence-electron chi connectivity index (χ2n) is 8.12. The molecule has 8 nitrogen and oxygen atoms in total. The highest BCUT2D eigenvalue weighted by molar-refractivity contribution is 7.99. The van der Waals surface area contributed by atoms with Crippen LogP contribution in [0.3, 0.4) is 0 Å². The van der Waals surface area contributed by atoms with E-state index < -0.39 is 5.25 Å². The van der Waals surface area contributed by atoms with Gasteiger partial charge in [-0.2, -0.15) is 0 Å². The Labute approximate surface area is 212 Å². The maximum Gasteiger partial charge on any atom is 0.220 e. The SMILES string of the molecule is COc1cc([C@H](C[N+](=O)[O-])Sc2nnc(C)n2-c2cccc(C)c2)ccc1OCc1ccccc1F. The summed E-state index contributed by atoms with van der Waals surface area (Å²) in [7, 11) is 1.49. The van der Waals surface area contributed by atoms with Crippen LogP contribution in [0.2, 0.25) is 0 Å². The number of thioether (sulfide) groups is 1. The fourth-order valence-corrected chi connectivity index (χ4v) is 4.90. The van der Waals surface area contributed by atoms with Crippen molar-refractivity contribution in [2.24, 2.45) is 0 Å². The van der Waals surface area contributed by atoms with E-state index >= 15 is 0 Å². The molecule has 0 aliphatic heterocycles. The summed E-state index contributed by atoms with van der Waals surface area (Å²) in [6, 6.07) is 19.4. The fraction of sp³-hybridized carbons (Fsp3) is 0.231. The Hall–Kier alpha value is -3.92. The summed E-state index contributed by atoms with van der Waals surface area (Å²) in [5.41, 5.74) is 3.04. The molecule has 36 heavy (non-hydrogen) atoms. The smallest absolute Gasteiger partial charge is 0.220 e. The van der Waals surface area contributed by atoms with Gasteiger partial charge in [0.1, 0.15) is 23.5 Å². The minimum atomic E-state index is -0.568. The summed E-state index contributed by atoms with van der Waals surface area (Å²) in [5.74, 6) is 1.13. The minimum absolute atomic E-state index is 0.0222. The number of methoxy groups -OCH3 is 1. The number of nitrogens with zero attached hydrogens (tertiary/aromatic N) is 4. The molecule has 0 aliphatic carbocycles. The predicted molar refractivity (Wildman–Crippen MR) is 135 cm³/mol. The van der Waals surface area contributed by atoms with Crippen LogP contribution in [-0.4, -0.2) is 33.3 Å². The highest BCUT2D eigenvalue weighted by Crippen LogP contribution is 2.39. The predicted octanol–water partition coefficient (Wildman–Crippen LogP) is 5.72. The zero-order chi connectivity index (χ0) is 25.7. The van der Waals surface area contributed by atoms with Gasteiger partial charge in [-0.3, -0.25) is 14.7 Å². The van der Waals surface area contributed by atoms with Crippen molar-refractivity contribution in [3.63, 3.8) is 0 Å². The fourth-order valence-electron chi connectivity index (χ4n) is 3.73. The Bertz CT molecular complexity index is 1380. The molecule has 0 saturated carbocycles. The van der Waals surface area contributed by atoms with Gasteiger partial charge in [-0.25, -0.2) is 4.39 Å². The molecule has 1 aromatic heterocycles. The number of hydrogen-bond donors (Lipinski definition) is 0. The van der Waals surface area contributed by atoms with Gasteiger partial charge < -0.3 is 9.47 Å². The number of aromatic nitrogens is 3. The Balaban J connectivity index is 1.62. The van der Waals surface area contributed by atoms with E-state index in [9.17, 15) is 14.5 Å². The highest BCUT2D eigenvalue weighted by Gasteiger charge is 2.25. The van der Waals surface area contributed by atoms with Crippen LogP contribution < -0.4 is 9.47 Å². The first kappa shape index (κ1) is 25.2. The molecule has 4 rings (SSSR count). The number of halogens is 1. The molecule has 10 heteroatoms. The van der Waals surface area contributed by atoms with E-state index in [-0.39, 0.29) is 23.9 Å². The van der Waals surface area contributed by atoms with Gasteiger partial charge >= 0.3 is 0 Å². The maximum absolute atomic E-state index is 14.0. The van der Waals surface area contributed by atoms with Crippen LogP contribution >= 0.6 is 11.8 Å². The van der Waals surface area contributed by atoms with Crippen LogP contribution in [-0.2, 0) is 6.61 Å². The summed E-state index contributed by atoms with van der Waals surface area (Å²) < 4.78 is 27.1. The standard InChI is InChI=1S/C26H25FN4O4S/c1-17-7-6-9-21(13-17)31-18(2)28-29-26(31)36-25(15-30(32)33)19-11-12-23(24(14-19)34-3)35-16-20-8-4-5-10-22(20)27/h4-14,25H,15-16H2,1-3H3/t25-/m0/s1. The molecular formula is C26H25FN4O4S. The van der Waals surface area contributed by atoms with Crippen LogP contribution in [0.5, 0.6) is 11.5 Å². The normalized spacial score (nSPS) is 11.8. The molecule has 0 amide bonds. The quantitative estimate of drug-likeness (QED) is 0.154. The molecule has 4 aromatic rings. The summed E-state index contributed by atoms with van der Waals surface area (Å²) in [5, 5.41) is 20.0. The van der Waals surface area contributed by atoms with Crippen molar-refractivity contribution >= 4 is 11.8 Å². The van der Waals surface area contributed by atoms with Crippen molar-refractivity contribution < 1.29 is 18.8 Å². The molecule has 0 spiro atoms. The second kappa shape index (κ2) is 11.2. The summed E-state index contributed by atoms with van der Waals surface area (Å²) >= 11 is 1.26. The number of aryl methyl sites for hydroxylation is 2. The van der Waals surface area contributed by atoms with Crippen molar-refractivity contribution in [2.45, 2.75) is 30.9 Å². The number of benzene rings is 3. The van der Waals surface area contributed by atoms with Crippen molar-refractivity contribution in [1.82, 2.24) is 14.8 Å². The van der Waals surface area contributed by atoms with Crippen molar-refractivity contribution in [2.75, 3.05) is 13.7 Å². The number of ether oxygens (including phenoxy) is 2. The molecule has 0 N–H and O–H groups in total. The Morgan fingerprint density at radius 2 is 1.86 bits per heavy atom. The minimum Gasteiger partial charge on any atom is -0.493 e. The second-order valence-corrected chi connectivity index (χ2v) is 9.29. The maximum atomic E-state index is 14.0. The van der Waals surface area contributed by atoms with Crippen LogP contribution in [0.15, 0.2) is 71.9 Å². The van der Waals surface area contributed by atoms with Crippen molar-refractivity contribution in [1.29, 1.82) is 0 Å². The zero-order valence-electron chi connectivity index (χ0n) is 20.1. The Kier molecular flexibility index (Phi) is 7.84. The van der Waals surface area contributed by atoms with E-state index in [1.165, 1.54) is 24.9 Å². The van der Waals surface area contributed by atoms with Crippen LogP contribution in [0.25, 0.3) is 5.69 Å². The van der Waals surface area contributed by atoms with Gasteiger partial charge in [0.2, 0.25) is 6.54 Å². The molecular weight excluding hydrogens is 483 g/mol. The highest BCUT2D eigenvalue weighted by atomic mass is 32.2. The van der Waals surface area contributed by atoms with Gasteiger partial charge in [0, 0.05) is 16.2 Å². The van der Waals surface area contributed by atoms with E-state index in [2.05, 4.69) is 10.2 Å². The summed E-state index contributed by atoms with van der Waals surface area (Å²) in [4.78, 5) is 11.2. The number of hydrogen-bond acceptors (Lipinski definition) is 7. The Morgan fingerprint density at radius 3 is 2.58 bits per heavy atom. The lowest BCUT2D eigenvalue weighted by Crippen LogP contribution is -2.11. The lowest BCUT2D eigenvalue weighted by molar-refractivity contribution is -0.479. The molecule has 1 heterocycles. The van der Waals surface area contributed by atoms with Gasteiger partial charge in [0.05, 0.1) is 7.11 Å². The van der Waals surface area contributed by atoms with Gasteiger partial charge in [-0.05, 0) is 55.3 Å². The van der Waals surface area contributed by atoms with Crippen LogP contribution in [0.1, 0.15) is 27.8 Å². The molecule has 0 unspecified atom stereocenters. The largest absolute Gasteiger partial charge is 0.493 e. The topological polar surface area (TPSA) is 92.3 Å².